The lowest BCUT2D eigenvalue weighted by atomic mass is 10.1. The Morgan fingerprint density at radius 2 is 2.27 bits per heavy atom. The van der Waals surface area contributed by atoms with Crippen LogP contribution in [0.2, 0.25) is 0 Å². The van der Waals surface area contributed by atoms with Crippen LogP contribution in [0.15, 0.2) is 6.07 Å². The fourth-order valence-electron chi connectivity index (χ4n) is 2.75. The van der Waals surface area contributed by atoms with Crippen LogP contribution < -0.4 is 5.32 Å². The van der Waals surface area contributed by atoms with Gasteiger partial charge in [0.1, 0.15) is 0 Å². The van der Waals surface area contributed by atoms with Gasteiger partial charge in [0.05, 0.1) is 16.6 Å². The molecule has 1 saturated carbocycles. The predicted octanol–water partition coefficient (Wildman–Crippen LogP) is 1.92. The van der Waals surface area contributed by atoms with E-state index in [4.69, 9.17) is 9.72 Å². The van der Waals surface area contributed by atoms with Crippen LogP contribution >= 0.6 is 0 Å². The fourth-order valence-corrected chi connectivity index (χ4v) is 2.75. The smallest absolute Gasteiger partial charge is 0.252 e. The molecular formula is C16H22N4O2. The maximum atomic E-state index is 12.6. The van der Waals surface area contributed by atoms with Gasteiger partial charge >= 0.3 is 0 Å². The summed E-state index contributed by atoms with van der Waals surface area (Å²) in [7, 11) is 3.54. The first-order valence-electron chi connectivity index (χ1n) is 7.73. The van der Waals surface area contributed by atoms with Crippen LogP contribution in [0, 0.1) is 6.92 Å². The number of methoxy groups -OCH3 is 1. The molecule has 118 valence electrons. The van der Waals surface area contributed by atoms with Crippen molar-refractivity contribution in [3.05, 3.63) is 23.0 Å². The summed E-state index contributed by atoms with van der Waals surface area (Å²) in [6.45, 7) is 3.17. The zero-order valence-corrected chi connectivity index (χ0v) is 13.3. The summed E-state index contributed by atoms with van der Waals surface area (Å²) in [4.78, 5) is 17.3. The second kappa shape index (κ2) is 6.04. The lowest BCUT2D eigenvalue weighted by Gasteiger charge is -2.08. The number of nitrogens with zero attached hydrogens (tertiary/aromatic N) is 3. The minimum Gasteiger partial charge on any atom is -0.385 e. The number of hydrogen-bond donors (Lipinski definition) is 1. The van der Waals surface area contributed by atoms with Crippen molar-refractivity contribution in [2.75, 3.05) is 20.3 Å². The molecule has 0 bridgehead atoms. The molecule has 6 heteroatoms. The van der Waals surface area contributed by atoms with Crippen molar-refractivity contribution in [1.29, 1.82) is 0 Å². The van der Waals surface area contributed by atoms with Crippen molar-refractivity contribution in [3.63, 3.8) is 0 Å². The summed E-state index contributed by atoms with van der Waals surface area (Å²) < 4.78 is 6.77. The predicted molar refractivity (Wildman–Crippen MR) is 84.0 cm³/mol. The van der Waals surface area contributed by atoms with Gasteiger partial charge < -0.3 is 10.1 Å². The highest BCUT2D eigenvalue weighted by atomic mass is 16.5. The van der Waals surface area contributed by atoms with Crippen LogP contribution in [0.3, 0.4) is 0 Å². The Bertz CT molecular complexity index is 704. The summed E-state index contributed by atoms with van der Waals surface area (Å²) in [5, 5.41) is 8.24. The first-order valence-corrected chi connectivity index (χ1v) is 7.73. The Balaban J connectivity index is 1.94. The zero-order valence-electron chi connectivity index (χ0n) is 13.3. The van der Waals surface area contributed by atoms with E-state index < -0.39 is 0 Å². The molecule has 1 aliphatic carbocycles. The summed E-state index contributed by atoms with van der Waals surface area (Å²) in [6, 6.07) is 1.94. The quantitative estimate of drug-likeness (QED) is 0.828. The second-order valence-electron chi connectivity index (χ2n) is 5.88. The molecule has 3 rings (SSSR count). The fraction of sp³-hybridized carbons (Fsp3) is 0.562. The van der Waals surface area contributed by atoms with Crippen LogP contribution in [0.5, 0.6) is 0 Å². The molecule has 2 aromatic rings. The van der Waals surface area contributed by atoms with Gasteiger partial charge in [0.15, 0.2) is 5.65 Å². The van der Waals surface area contributed by atoms with E-state index in [1.165, 1.54) is 0 Å². The number of carbonyl (C=O) groups excluding carboxylic acids is 1. The van der Waals surface area contributed by atoms with E-state index in [2.05, 4.69) is 10.4 Å². The number of aromatic nitrogens is 3. The highest BCUT2D eigenvalue weighted by molar-refractivity contribution is 6.06. The Morgan fingerprint density at radius 1 is 1.50 bits per heavy atom. The molecule has 0 spiro atoms. The Labute approximate surface area is 129 Å². The molecule has 1 amide bonds. The Kier molecular flexibility index (Phi) is 4.11. The van der Waals surface area contributed by atoms with E-state index in [1.807, 2.05) is 20.0 Å². The summed E-state index contributed by atoms with van der Waals surface area (Å²) >= 11 is 0. The van der Waals surface area contributed by atoms with Crippen LogP contribution in [0.4, 0.5) is 0 Å². The zero-order chi connectivity index (χ0) is 15.7. The highest BCUT2D eigenvalue weighted by Gasteiger charge is 2.28. The molecule has 6 nitrogen and oxygen atoms in total. The van der Waals surface area contributed by atoms with Crippen molar-refractivity contribution in [2.45, 2.75) is 32.1 Å². The van der Waals surface area contributed by atoms with Gasteiger partial charge in [0.25, 0.3) is 5.91 Å². The SMILES string of the molecule is COCCCNC(=O)c1cc(C2CC2)nc2c1c(C)nn2C. The molecule has 22 heavy (non-hydrogen) atoms. The molecule has 0 unspecified atom stereocenters. The van der Waals surface area contributed by atoms with Gasteiger partial charge in [0, 0.05) is 38.9 Å². The number of nitrogens with one attached hydrogen (secondary N) is 1. The summed E-state index contributed by atoms with van der Waals surface area (Å²) in [6.07, 6.45) is 3.12. The van der Waals surface area contributed by atoms with Gasteiger partial charge in [-0.25, -0.2) is 4.98 Å². The summed E-state index contributed by atoms with van der Waals surface area (Å²) in [5.41, 5.74) is 3.34. The van der Waals surface area contributed by atoms with E-state index in [0.717, 1.165) is 41.7 Å². The molecule has 2 heterocycles. The number of hydrogen-bond acceptors (Lipinski definition) is 4. The van der Waals surface area contributed by atoms with Gasteiger partial charge in [-0.1, -0.05) is 0 Å². The first kappa shape index (κ1) is 15.0. The van der Waals surface area contributed by atoms with Crippen molar-refractivity contribution in [2.24, 2.45) is 7.05 Å². The monoisotopic (exact) mass is 302 g/mol. The molecule has 0 saturated heterocycles. The number of ether oxygens (including phenoxy) is 1. The highest BCUT2D eigenvalue weighted by Crippen LogP contribution is 2.40. The maximum absolute atomic E-state index is 12.6. The van der Waals surface area contributed by atoms with Crippen molar-refractivity contribution >= 4 is 16.9 Å². The standard InChI is InChI=1S/C16H22N4O2/c1-10-14-12(16(21)17-7-4-8-22-3)9-13(11-5-6-11)18-15(14)20(2)19-10/h9,11H,4-8H2,1-3H3,(H,17,21). The molecule has 0 radical (unpaired) electrons. The molecule has 2 aromatic heterocycles. The number of aryl methyl sites for hydroxylation is 2. The largest absolute Gasteiger partial charge is 0.385 e. The average Bonchev–Trinajstić information content (AvgIpc) is 3.30. The third-order valence-corrected chi connectivity index (χ3v) is 4.04. The van der Waals surface area contributed by atoms with E-state index >= 15 is 0 Å². The first-order chi connectivity index (χ1) is 10.6. The van der Waals surface area contributed by atoms with Gasteiger partial charge in [-0.2, -0.15) is 5.10 Å². The Hall–Kier alpha value is -1.95. The third-order valence-electron chi connectivity index (χ3n) is 4.04. The van der Waals surface area contributed by atoms with Crippen molar-refractivity contribution in [3.8, 4) is 0 Å². The molecule has 0 atom stereocenters. The van der Waals surface area contributed by atoms with Gasteiger partial charge in [0.2, 0.25) is 0 Å². The number of fused-ring (bicyclic) bond motifs is 1. The third kappa shape index (κ3) is 2.83. The maximum Gasteiger partial charge on any atom is 0.252 e. The molecule has 0 aliphatic heterocycles. The minimum absolute atomic E-state index is 0.0542. The molecule has 1 aliphatic rings. The normalized spacial score (nSPS) is 14.5. The number of rotatable bonds is 6. The Morgan fingerprint density at radius 3 is 2.95 bits per heavy atom. The van der Waals surface area contributed by atoms with E-state index in [-0.39, 0.29) is 5.91 Å². The van der Waals surface area contributed by atoms with Crippen molar-refractivity contribution < 1.29 is 9.53 Å². The average molecular weight is 302 g/mol. The number of pyridine rings is 1. The summed E-state index contributed by atoms with van der Waals surface area (Å²) in [5.74, 6) is 0.446. The van der Waals surface area contributed by atoms with Crippen molar-refractivity contribution in [1.82, 2.24) is 20.1 Å². The van der Waals surface area contributed by atoms with Crippen LogP contribution in [-0.2, 0) is 11.8 Å². The number of amides is 1. The molecular weight excluding hydrogens is 280 g/mol. The van der Waals surface area contributed by atoms with Crippen LogP contribution in [0.25, 0.3) is 11.0 Å². The number of carbonyl (C=O) groups is 1. The topological polar surface area (TPSA) is 69.0 Å². The van der Waals surface area contributed by atoms with E-state index in [9.17, 15) is 4.79 Å². The molecule has 0 aromatic carbocycles. The minimum atomic E-state index is -0.0542. The lowest BCUT2D eigenvalue weighted by molar-refractivity contribution is 0.0950. The molecule has 1 N–H and O–H groups in total. The van der Waals surface area contributed by atoms with E-state index in [0.29, 0.717) is 24.6 Å². The van der Waals surface area contributed by atoms with Crippen LogP contribution in [0.1, 0.15) is 46.9 Å². The van der Waals surface area contributed by atoms with Crippen LogP contribution in [-0.4, -0.2) is 40.9 Å². The van der Waals surface area contributed by atoms with E-state index in [1.54, 1.807) is 11.8 Å². The second-order valence-corrected chi connectivity index (χ2v) is 5.88. The lowest BCUT2D eigenvalue weighted by Crippen LogP contribution is -2.25. The van der Waals surface area contributed by atoms with Gasteiger partial charge in [-0.3, -0.25) is 9.48 Å². The molecule has 1 fully saturated rings. The van der Waals surface area contributed by atoms with Gasteiger partial charge in [-0.05, 0) is 32.3 Å². The van der Waals surface area contributed by atoms with Gasteiger partial charge in [-0.15, -0.1) is 0 Å².